The maximum Gasteiger partial charge on any atom is 0.0858 e. The topological polar surface area (TPSA) is 37.1 Å². The molecule has 5 aromatic rings. The molecule has 0 radical (unpaired) electrons. The van der Waals surface area contributed by atoms with Crippen molar-refractivity contribution in [2.75, 3.05) is 0 Å². The molecule has 3 nitrogen and oxygen atoms in total. The summed E-state index contributed by atoms with van der Waals surface area (Å²) in [7, 11) is -2.30. The molecule has 0 amide bonds. The van der Waals surface area contributed by atoms with E-state index in [4.69, 9.17) is 16.3 Å². The molecule has 0 spiro atoms. The monoisotopic (exact) mass is 491 g/mol. The van der Waals surface area contributed by atoms with Gasteiger partial charge in [0.05, 0.1) is 24.1 Å². The van der Waals surface area contributed by atoms with Crippen LogP contribution in [0.3, 0.4) is 0 Å². The first-order chi connectivity index (χ1) is 17.2. The molecular weight excluding hydrogens is 469 g/mol. The molecule has 0 atom stereocenters. The van der Waals surface area contributed by atoms with E-state index in [0.29, 0.717) is 5.02 Å². The van der Waals surface area contributed by atoms with Crippen LogP contribution in [0.25, 0.3) is 0 Å². The molecule has 0 bridgehead atoms. The van der Waals surface area contributed by atoms with E-state index < -0.39 is 7.05 Å². The summed E-state index contributed by atoms with van der Waals surface area (Å²) in [5.74, 6) is 0. The largest absolute Gasteiger partial charge is 0.254 e. The minimum atomic E-state index is -2.30. The molecule has 35 heavy (non-hydrogen) atoms. The number of azo groups is 1. The van der Waals surface area contributed by atoms with Gasteiger partial charge in [0.15, 0.2) is 0 Å². The van der Waals surface area contributed by atoms with Crippen molar-refractivity contribution in [2.45, 2.75) is 0 Å². The molecule has 0 fully saturated rings. The Hall–Kier alpha value is -3.78. The van der Waals surface area contributed by atoms with Gasteiger partial charge in [-0.2, -0.15) is 10.2 Å². The summed E-state index contributed by atoms with van der Waals surface area (Å²) in [4.78, 5) is 0. The number of hydrogen-bond donors (Lipinski definition) is 0. The third kappa shape index (κ3) is 5.17. The normalized spacial score (nSPS) is 11.5. The molecule has 0 aromatic heterocycles. The van der Waals surface area contributed by atoms with Crippen molar-refractivity contribution in [3.05, 3.63) is 145 Å². The van der Waals surface area contributed by atoms with Crippen molar-refractivity contribution in [1.82, 2.24) is 0 Å². The minimum Gasteiger partial charge on any atom is -0.254 e. The highest BCUT2D eigenvalue weighted by molar-refractivity contribution is 7.87. The molecule has 0 aliphatic heterocycles. The highest BCUT2D eigenvalue weighted by Gasteiger charge is 2.27. The van der Waals surface area contributed by atoms with Crippen molar-refractivity contribution in [2.24, 2.45) is 15.0 Å². The van der Waals surface area contributed by atoms with Gasteiger partial charge in [-0.1, -0.05) is 103 Å². The van der Waals surface area contributed by atoms with Gasteiger partial charge in [-0.05, 0) is 48.5 Å². The summed E-state index contributed by atoms with van der Waals surface area (Å²) >= 11 is 5.95. The number of nitrogens with zero attached hydrogens (tertiary/aromatic N) is 3. The second-order valence-corrected chi connectivity index (χ2v) is 11.4. The molecule has 0 aliphatic carbocycles. The number of benzene rings is 5. The van der Waals surface area contributed by atoms with Crippen LogP contribution in [0.2, 0.25) is 5.02 Å². The molecule has 0 aliphatic rings. The Balaban J connectivity index is 1.62. The molecule has 0 saturated heterocycles. The van der Waals surface area contributed by atoms with Crippen LogP contribution in [0.4, 0.5) is 17.1 Å². The minimum absolute atomic E-state index is 0.678. The van der Waals surface area contributed by atoms with Gasteiger partial charge in [-0.3, -0.25) is 4.74 Å². The van der Waals surface area contributed by atoms with Gasteiger partial charge in [0.25, 0.3) is 0 Å². The molecule has 0 heterocycles. The van der Waals surface area contributed by atoms with Gasteiger partial charge >= 0.3 is 0 Å². The molecule has 5 heteroatoms. The van der Waals surface area contributed by atoms with E-state index in [1.807, 2.05) is 36.4 Å². The van der Waals surface area contributed by atoms with E-state index >= 15 is 0 Å². The fraction of sp³-hybridized carbons (Fsp3) is 0. The first-order valence-corrected chi connectivity index (χ1v) is 13.4. The van der Waals surface area contributed by atoms with E-state index in [1.165, 1.54) is 15.9 Å². The summed E-state index contributed by atoms with van der Waals surface area (Å²) in [6.45, 7) is 0. The van der Waals surface area contributed by atoms with Gasteiger partial charge in [0.1, 0.15) is 0 Å². The summed E-state index contributed by atoms with van der Waals surface area (Å²) in [6, 6.07) is 47.0. The molecular formula is C30H23ClN3P. The zero-order valence-electron chi connectivity index (χ0n) is 18.9. The standard InChI is InChI=1S/C30H23ClN3P/c31-24-16-18-25(19-17-24)32-33-26-20-22-27(23-21-26)34-35(28-10-4-1-5-11-28,29-12-6-2-7-13-29)30-14-8-3-9-15-30/h1-23H. The van der Waals surface area contributed by atoms with Gasteiger partial charge in [0, 0.05) is 20.9 Å². The lowest BCUT2D eigenvalue weighted by Gasteiger charge is -2.27. The predicted octanol–water partition coefficient (Wildman–Crippen LogP) is 8.56. The zero-order valence-corrected chi connectivity index (χ0v) is 20.6. The van der Waals surface area contributed by atoms with Crippen LogP contribution in [-0.4, -0.2) is 0 Å². The Morgan fingerprint density at radius 3 is 1.14 bits per heavy atom. The predicted molar refractivity (Wildman–Crippen MR) is 149 cm³/mol. The fourth-order valence-electron chi connectivity index (χ4n) is 3.93. The lowest BCUT2D eigenvalue weighted by Crippen LogP contribution is -2.25. The van der Waals surface area contributed by atoms with E-state index in [0.717, 1.165) is 17.1 Å². The Morgan fingerprint density at radius 1 is 0.400 bits per heavy atom. The SMILES string of the molecule is Clc1ccc(N=Nc2ccc(N=P(c3ccccc3)(c3ccccc3)c3ccccc3)cc2)cc1. The Bertz CT molecular complexity index is 1360. The van der Waals surface area contributed by atoms with Crippen LogP contribution in [0, 0.1) is 0 Å². The van der Waals surface area contributed by atoms with E-state index in [9.17, 15) is 0 Å². The third-order valence-electron chi connectivity index (χ3n) is 5.61. The summed E-state index contributed by atoms with van der Waals surface area (Å²) in [6.07, 6.45) is 0. The average molecular weight is 492 g/mol. The molecule has 170 valence electrons. The van der Waals surface area contributed by atoms with Crippen molar-refractivity contribution < 1.29 is 0 Å². The van der Waals surface area contributed by atoms with E-state index in [2.05, 4.69) is 101 Å². The maximum atomic E-state index is 5.95. The molecule has 5 aromatic carbocycles. The molecule has 0 N–H and O–H groups in total. The number of hydrogen-bond acceptors (Lipinski definition) is 3. The first kappa shape index (κ1) is 23.0. The van der Waals surface area contributed by atoms with Crippen LogP contribution < -0.4 is 15.9 Å². The maximum absolute atomic E-state index is 5.95. The molecule has 0 unspecified atom stereocenters. The molecule has 0 saturated carbocycles. The number of halogens is 1. The highest BCUT2D eigenvalue weighted by Crippen LogP contribution is 2.49. The van der Waals surface area contributed by atoms with Crippen LogP contribution in [0.15, 0.2) is 154 Å². The smallest absolute Gasteiger partial charge is 0.0858 e. The second kappa shape index (κ2) is 10.7. The van der Waals surface area contributed by atoms with E-state index in [-0.39, 0.29) is 0 Å². The Labute approximate surface area is 210 Å². The highest BCUT2D eigenvalue weighted by atomic mass is 35.5. The lowest BCUT2D eigenvalue weighted by molar-refractivity contribution is 1.23. The van der Waals surface area contributed by atoms with Crippen molar-refractivity contribution >= 4 is 51.6 Å². The van der Waals surface area contributed by atoms with Crippen LogP contribution in [0.1, 0.15) is 0 Å². The van der Waals surface area contributed by atoms with Crippen molar-refractivity contribution in [3.8, 4) is 0 Å². The summed E-state index contributed by atoms with van der Waals surface area (Å²) < 4.78 is 5.49. The summed E-state index contributed by atoms with van der Waals surface area (Å²) in [5.41, 5.74) is 2.42. The van der Waals surface area contributed by atoms with Crippen LogP contribution >= 0.6 is 18.7 Å². The van der Waals surface area contributed by atoms with E-state index in [1.54, 1.807) is 12.1 Å². The van der Waals surface area contributed by atoms with Crippen molar-refractivity contribution in [3.63, 3.8) is 0 Å². The third-order valence-corrected chi connectivity index (χ3v) is 9.53. The quantitative estimate of drug-likeness (QED) is 0.168. The lowest BCUT2D eigenvalue weighted by atomic mass is 10.3. The van der Waals surface area contributed by atoms with Gasteiger partial charge in [0.2, 0.25) is 0 Å². The van der Waals surface area contributed by atoms with Gasteiger partial charge in [-0.25, -0.2) is 0 Å². The molecule has 5 rings (SSSR count). The first-order valence-electron chi connectivity index (χ1n) is 11.3. The average Bonchev–Trinajstić information content (AvgIpc) is 2.93. The Kier molecular flexibility index (Phi) is 6.99. The van der Waals surface area contributed by atoms with Crippen LogP contribution in [0.5, 0.6) is 0 Å². The fourth-order valence-corrected chi connectivity index (χ4v) is 7.59. The second-order valence-electron chi connectivity index (χ2n) is 7.93. The number of rotatable bonds is 6. The van der Waals surface area contributed by atoms with Gasteiger partial charge < -0.3 is 0 Å². The van der Waals surface area contributed by atoms with Crippen molar-refractivity contribution in [1.29, 1.82) is 0 Å². The van der Waals surface area contributed by atoms with Gasteiger partial charge in [-0.15, -0.1) is 0 Å². The zero-order chi connectivity index (χ0) is 23.9. The summed E-state index contributed by atoms with van der Waals surface area (Å²) in [5, 5.41) is 13.0. The Morgan fingerprint density at radius 2 is 0.743 bits per heavy atom. The van der Waals surface area contributed by atoms with Crippen LogP contribution in [-0.2, 0) is 0 Å².